The van der Waals surface area contributed by atoms with E-state index in [0.29, 0.717) is 44.8 Å². The van der Waals surface area contributed by atoms with Gasteiger partial charge in [0.1, 0.15) is 0 Å². The van der Waals surface area contributed by atoms with Crippen LogP contribution in [0.25, 0.3) is 22.3 Å². The van der Waals surface area contributed by atoms with Gasteiger partial charge >= 0.3 is 11.9 Å². The molecule has 2 fully saturated rings. The van der Waals surface area contributed by atoms with Crippen LogP contribution in [-0.4, -0.2) is 82.0 Å². The number of carbonyl (C=O) groups is 2. The Morgan fingerprint density at radius 3 is 1.23 bits per heavy atom. The summed E-state index contributed by atoms with van der Waals surface area (Å²) < 4.78 is 15.7. The molecule has 0 spiro atoms. The number of methoxy groups -OCH3 is 1. The van der Waals surface area contributed by atoms with Gasteiger partial charge < -0.3 is 29.5 Å². The minimum atomic E-state index is -0.854. The Labute approximate surface area is 458 Å². The summed E-state index contributed by atoms with van der Waals surface area (Å²) in [4.78, 5) is 31.6. The number of carboxylic acid groups (broad SMARTS) is 1. The Balaban J connectivity index is 0.000000224. The number of hydrogen-bond donors (Lipinski definition) is 3. The molecule has 2 aliphatic rings. The summed E-state index contributed by atoms with van der Waals surface area (Å²) in [6.07, 6.45) is 17.3. The number of esters is 1. The lowest BCUT2D eigenvalue weighted by Gasteiger charge is -2.35. The van der Waals surface area contributed by atoms with Crippen LogP contribution in [0.1, 0.15) is 159 Å². The maximum atomic E-state index is 11.8. The van der Waals surface area contributed by atoms with Gasteiger partial charge in [0.05, 0.1) is 31.2 Å². The Morgan fingerprint density at radius 1 is 0.532 bits per heavy atom. The molecule has 3 N–H and O–H groups in total. The van der Waals surface area contributed by atoms with Gasteiger partial charge in [-0.2, -0.15) is 0 Å². The molecular formula is C67H84N2O8. The van der Waals surface area contributed by atoms with Crippen LogP contribution >= 0.6 is 0 Å². The molecular weight excluding hydrogens is 961 g/mol. The van der Waals surface area contributed by atoms with E-state index in [2.05, 4.69) is 138 Å². The summed E-state index contributed by atoms with van der Waals surface area (Å²) in [5, 5.41) is 31.0. The SMILES string of the molecule is CCC(CC)(c1ccc(CCC2(O)CCOCC2)c(C)c1)c1ccc(-c2cncc(CC(=O)O)c2)c(C)c1.CCC(CC)(c1ccc(CCC2(O)CCOCC2)c(C)c1)c1ccc(-c2cncc(CC(=O)OC)c2)c(C)c1. The number of carboxylic acids is 1. The average Bonchev–Trinajstić information content (AvgIpc) is 3.42. The van der Waals surface area contributed by atoms with Crippen molar-refractivity contribution in [3.8, 4) is 22.3 Å². The first kappa shape index (κ1) is 58.6. The molecule has 4 heterocycles. The van der Waals surface area contributed by atoms with Crippen molar-refractivity contribution in [3.63, 3.8) is 0 Å². The monoisotopic (exact) mass is 1040 g/mol. The highest BCUT2D eigenvalue weighted by atomic mass is 16.5. The van der Waals surface area contributed by atoms with Gasteiger partial charge in [0.2, 0.25) is 0 Å². The van der Waals surface area contributed by atoms with Gasteiger partial charge in [-0.05, 0) is 195 Å². The van der Waals surface area contributed by atoms with E-state index in [1.807, 2.05) is 18.3 Å². The highest BCUT2D eigenvalue weighted by Crippen LogP contribution is 2.43. The minimum Gasteiger partial charge on any atom is -0.481 e. The fourth-order valence-electron chi connectivity index (χ4n) is 12.2. The Morgan fingerprint density at radius 2 is 0.896 bits per heavy atom. The molecule has 4 aromatic carbocycles. The van der Waals surface area contributed by atoms with Crippen LogP contribution in [0.15, 0.2) is 110 Å². The predicted octanol–water partition coefficient (Wildman–Crippen LogP) is 13.2. The summed E-state index contributed by atoms with van der Waals surface area (Å²) in [6.45, 7) is 20.3. The van der Waals surface area contributed by atoms with Gasteiger partial charge in [0.25, 0.3) is 0 Å². The number of rotatable bonds is 20. The van der Waals surface area contributed by atoms with E-state index in [0.717, 1.165) is 97.6 Å². The van der Waals surface area contributed by atoms with Crippen molar-refractivity contribution in [2.45, 2.75) is 167 Å². The van der Waals surface area contributed by atoms with E-state index in [4.69, 9.17) is 19.3 Å². The van der Waals surface area contributed by atoms with Gasteiger partial charge in [0, 0.05) is 73.2 Å². The fraction of sp³-hybridized carbons (Fsp3) is 0.463. The third-order valence-corrected chi connectivity index (χ3v) is 17.5. The number of aliphatic carboxylic acids is 1. The normalized spacial score (nSPS) is 15.3. The number of aryl methyl sites for hydroxylation is 6. The van der Waals surface area contributed by atoms with Crippen LogP contribution in [0, 0.1) is 27.7 Å². The third kappa shape index (κ3) is 14.0. The van der Waals surface area contributed by atoms with Crippen molar-refractivity contribution in [3.05, 3.63) is 176 Å². The van der Waals surface area contributed by atoms with Crippen molar-refractivity contribution in [1.29, 1.82) is 0 Å². The summed E-state index contributed by atoms with van der Waals surface area (Å²) in [7, 11) is 1.41. The smallest absolute Gasteiger partial charge is 0.310 e. The van der Waals surface area contributed by atoms with E-state index in [9.17, 15) is 19.8 Å². The van der Waals surface area contributed by atoms with Gasteiger partial charge in [-0.25, -0.2) is 0 Å². The van der Waals surface area contributed by atoms with Crippen LogP contribution in [0.2, 0.25) is 0 Å². The molecule has 77 heavy (non-hydrogen) atoms. The molecule has 0 radical (unpaired) electrons. The zero-order valence-corrected chi connectivity index (χ0v) is 47.4. The lowest BCUT2D eigenvalue weighted by molar-refractivity contribution is -0.140. The second kappa shape index (κ2) is 26.1. The maximum absolute atomic E-state index is 11.8. The van der Waals surface area contributed by atoms with Crippen molar-refractivity contribution >= 4 is 11.9 Å². The molecule has 10 nitrogen and oxygen atoms in total. The second-order valence-electron chi connectivity index (χ2n) is 22.1. The molecule has 8 rings (SSSR count). The van der Waals surface area contributed by atoms with Crippen LogP contribution < -0.4 is 0 Å². The Hall–Kier alpha value is -6.04. The number of ether oxygens (including phenoxy) is 3. The molecule has 0 amide bonds. The second-order valence-corrected chi connectivity index (χ2v) is 22.1. The predicted molar refractivity (Wildman–Crippen MR) is 308 cm³/mol. The Kier molecular flexibility index (Phi) is 19.9. The summed E-state index contributed by atoms with van der Waals surface area (Å²) in [5.41, 5.74) is 17.1. The van der Waals surface area contributed by atoms with Crippen LogP contribution in [0.4, 0.5) is 0 Å². The molecule has 2 aromatic heterocycles. The summed E-state index contributed by atoms with van der Waals surface area (Å²) >= 11 is 0. The molecule has 0 unspecified atom stereocenters. The molecule has 0 aliphatic carbocycles. The van der Waals surface area contributed by atoms with Gasteiger partial charge in [-0.1, -0.05) is 100 Å². The van der Waals surface area contributed by atoms with Gasteiger partial charge in [-0.15, -0.1) is 0 Å². The first-order chi connectivity index (χ1) is 36.9. The molecule has 2 saturated heterocycles. The number of aliphatic hydroxyl groups is 2. The third-order valence-electron chi connectivity index (χ3n) is 17.5. The van der Waals surface area contributed by atoms with Crippen molar-refractivity contribution < 1.29 is 39.1 Å². The lowest BCUT2D eigenvalue weighted by atomic mass is 9.69. The molecule has 10 heteroatoms. The zero-order chi connectivity index (χ0) is 55.4. The summed E-state index contributed by atoms with van der Waals surface area (Å²) in [5.74, 6) is -1.12. The highest BCUT2D eigenvalue weighted by Gasteiger charge is 2.35. The fourth-order valence-corrected chi connectivity index (χ4v) is 12.2. The summed E-state index contributed by atoms with van der Waals surface area (Å²) in [6, 6.07) is 31.2. The molecule has 0 atom stereocenters. The van der Waals surface area contributed by atoms with Crippen LogP contribution in [-0.2, 0) is 60.3 Å². The lowest BCUT2D eigenvalue weighted by Crippen LogP contribution is -2.36. The average molecular weight is 1050 g/mol. The first-order valence-corrected chi connectivity index (χ1v) is 28.1. The number of hydrogen-bond acceptors (Lipinski definition) is 9. The maximum Gasteiger partial charge on any atom is 0.310 e. The molecule has 0 bridgehead atoms. The van der Waals surface area contributed by atoms with Gasteiger partial charge in [0.15, 0.2) is 0 Å². The van der Waals surface area contributed by atoms with Crippen molar-refractivity contribution in [1.82, 2.24) is 9.97 Å². The molecule has 0 saturated carbocycles. The van der Waals surface area contributed by atoms with Crippen LogP contribution in [0.5, 0.6) is 0 Å². The molecule has 2 aliphatic heterocycles. The van der Waals surface area contributed by atoms with E-state index in [1.54, 1.807) is 18.6 Å². The van der Waals surface area contributed by atoms with E-state index < -0.39 is 17.2 Å². The first-order valence-electron chi connectivity index (χ1n) is 28.1. The standard InChI is InChI=1S/C34H43NO4.C33H41NO4/c1-6-34(7-2,29-9-8-27(24(3)18-29)12-13-33(37)14-16-39-17-15-33)30-10-11-31(25(4)19-30)28-20-26(22-35-23-28)21-32(36)38-5;1-5-33(6-2,28-8-7-26(23(3)17-28)11-12-32(37)13-15-38-16-14-32)29-9-10-30(24(4)18-29)27-19-25(20-31(35)36)21-34-22-27/h8-11,18-20,22-23,37H,6-7,12-17,21H2,1-5H3;7-10,17-19,21-22,37H,5-6,11-16,20H2,1-4H3,(H,35,36). The molecule has 410 valence electrons. The van der Waals surface area contributed by atoms with E-state index in [-0.39, 0.29) is 29.6 Å². The number of benzene rings is 4. The number of carbonyl (C=O) groups excluding carboxylic acids is 1. The largest absolute Gasteiger partial charge is 0.481 e. The number of pyridine rings is 2. The van der Waals surface area contributed by atoms with Crippen LogP contribution in [0.3, 0.4) is 0 Å². The van der Waals surface area contributed by atoms with E-state index >= 15 is 0 Å². The Bertz CT molecular complexity index is 2960. The van der Waals surface area contributed by atoms with Crippen molar-refractivity contribution in [2.24, 2.45) is 0 Å². The topological polar surface area (TPSA) is 148 Å². The number of aromatic nitrogens is 2. The zero-order valence-electron chi connectivity index (χ0n) is 47.4. The number of nitrogens with zero attached hydrogens (tertiary/aromatic N) is 2. The minimum absolute atomic E-state index is 0.0319. The van der Waals surface area contributed by atoms with Gasteiger partial charge in [-0.3, -0.25) is 19.6 Å². The van der Waals surface area contributed by atoms with Crippen molar-refractivity contribution in [2.75, 3.05) is 33.5 Å². The molecule has 6 aromatic rings. The quantitative estimate of drug-likeness (QED) is 0.0631. The highest BCUT2D eigenvalue weighted by molar-refractivity contribution is 5.75. The van der Waals surface area contributed by atoms with E-state index in [1.165, 1.54) is 57.2 Å².